The second-order valence-corrected chi connectivity index (χ2v) is 3.84. The first-order valence-corrected chi connectivity index (χ1v) is 5.41. The van der Waals surface area contributed by atoms with Gasteiger partial charge in [0.15, 0.2) is 0 Å². The fourth-order valence-electron chi connectivity index (χ4n) is 1.80. The molecule has 1 rings (SSSR count). The van der Waals surface area contributed by atoms with Crippen LogP contribution in [0, 0.1) is 5.92 Å². The Balaban J connectivity index is 2.17. The summed E-state index contributed by atoms with van der Waals surface area (Å²) in [5.41, 5.74) is 0. The van der Waals surface area contributed by atoms with Gasteiger partial charge in [0.05, 0.1) is 6.61 Å². The summed E-state index contributed by atoms with van der Waals surface area (Å²) in [7, 11) is 0. The average molecular weight is 200 g/mol. The molecule has 14 heavy (non-hydrogen) atoms. The first-order chi connectivity index (χ1) is 6.83. The van der Waals surface area contributed by atoms with Gasteiger partial charge < -0.3 is 15.7 Å². The quantitative estimate of drug-likeness (QED) is 0.592. The molecule has 1 amide bonds. The standard InChI is InChI=1S/C10H20N2O2/c13-6-5-12-10(14)7-9-3-1-2-4-11-8-9/h9,11,13H,1-8H2,(H,12,14). The van der Waals surface area contributed by atoms with Crippen molar-refractivity contribution in [2.45, 2.75) is 25.7 Å². The van der Waals surface area contributed by atoms with Crippen molar-refractivity contribution >= 4 is 5.91 Å². The van der Waals surface area contributed by atoms with Crippen molar-refractivity contribution < 1.29 is 9.90 Å². The van der Waals surface area contributed by atoms with Gasteiger partial charge in [-0.05, 0) is 31.8 Å². The van der Waals surface area contributed by atoms with Crippen molar-refractivity contribution in [2.24, 2.45) is 5.92 Å². The van der Waals surface area contributed by atoms with Crippen molar-refractivity contribution in [1.82, 2.24) is 10.6 Å². The molecule has 1 atom stereocenters. The van der Waals surface area contributed by atoms with Crippen molar-refractivity contribution in [3.63, 3.8) is 0 Å². The minimum absolute atomic E-state index is 0.0225. The Morgan fingerprint density at radius 3 is 3.14 bits per heavy atom. The molecular weight excluding hydrogens is 180 g/mol. The lowest BCUT2D eigenvalue weighted by molar-refractivity contribution is -0.122. The number of amides is 1. The third-order valence-corrected chi connectivity index (χ3v) is 2.56. The van der Waals surface area contributed by atoms with Crippen LogP contribution in [-0.4, -0.2) is 37.3 Å². The second-order valence-electron chi connectivity index (χ2n) is 3.84. The van der Waals surface area contributed by atoms with E-state index in [1.807, 2.05) is 0 Å². The molecule has 1 fully saturated rings. The predicted molar refractivity (Wildman–Crippen MR) is 54.9 cm³/mol. The van der Waals surface area contributed by atoms with E-state index in [-0.39, 0.29) is 12.5 Å². The van der Waals surface area contributed by atoms with E-state index in [0.29, 0.717) is 18.9 Å². The van der Waals surface area contributed by atoms with Gasteiger partial charge in [0.25, 0.3) is 0 Å². The van der Waals surface area contributed by atoms with Gasteiger partial charge in [-0.1, -0.05) is 6.42 Å². The van der Waals surface area contributed by atoms with Gasteiger partial charge in [0, 0.05) is 13.0 Å². The summed E-state index contributed by atoms with van der Waals surface area (Å²) in [5.74, 6) is 0.531. The van der Waals surface area contributed by atoms with E-state index in [1.54, 1.807) is 0 Å². The Morgan fingerprint density at radius 2 is 2.36 bits per heavy atom. The first kappa shape index (κ1) is 11.5. The van der Waals surface area contributed by atoms with Crippen LogP contribution in [0.5, 0.6) is 0 Å². The van der Waals surface area contributed by atoms with Crippen molar-refractivity contribution in [2.75, 3.05) is 26.2 Å². The molecule has 0 saturated carbocycles. The lowest BCUT2D eigenvalue weighted by Gasteiger charge is -2.13. The molecule has 0 bridgehead atoms. The highest BCUT2D eigenvalue weighted by atomic mass is 16.3. The van der Waals surface area contributed by atoms with Crippen LogP contribution in [0.2, 0.25) is 0 Å². The summed E-state index contributed by atoms with van der Waals surface area (Å²) in [6, 6.07) is 0. The number of hydrogen-bond donors (Lipinski definition) is 3. The molecule has 1 unspecified atom stereocenters. The second kappa shape index (κ2) is 6.79. The first-order valence-electron chi connectivity index (χ1n) is 5.41. The molecule has 3 N–H and O–H groups in total. The lowest BCUT2D eigenvalue weighted by atomic mass is 9.99. The predicted octanol–water partition coefficient (Wildman–Crippen LogP) is -0.125. The third-order valence-electron chi connectivity index (χ3n) is 2.56. The van der Waals surface area contributed by atoms with Gasteiger partial charge in [-0.25, -0.2) is 0 Å². The van der Waals surface area contributed by atoms with E-state index in [4.69, 9.17) is 5.11 Å². The number of aliphatic hydroxyl groups is 1. The van der Waals surface area contributed by atoms with Crippen LogP contribution in [0.15, 0.2) is 0 Å². The molecule has 0 spiro atoms. The maximum atomic E-state index is 11.3. The molecule has 0 aromatic heterocycles. The molecule has 1 aliphatic heterocycles. The van der Waals surface area contributed by atoms with Crippen LogP contribution in [0.1, 0.15) is 25.7 Å². The van der Waals surface area contributed by atoms with Gasteiger partial charge in [-0.3, -0.25) is 4.79 Å². The summed E-state index contributed by atoms with van der Waals surface area (Å²) >= 11 is 0. The van der Waals surface area contributed by atoms with Crippen LogP contribution >= 0.6 is 0 Å². The molecule has 0 radical (unpaired) electrons. The average Bonchev–Trinajstić information content (AvgIpc) is 2.43. The third kappa shape index (κ3) is 4.58. The summed E-state index contributed by atoms with van der Waals surface area (Å²) < 4.78 is 0. The van der Waals surface area contributed by atoms with E-state index in [2.05, 4.69) is 10.6 Å². The number of nitrogens with one attached hydrogen (secondary N) is 2. The SMILES string of the molecule is O=C(CC1CCCCNC1)NCCO. The normalized spacial score (nSPS) is 22.8. The minimum atomic E-state index is 0.0225. The summed E-state index contributed by atoms with van der Waals surface area (Å²) in [4.78, 5) is 11.3. The number of carbonyl (C=O) groups is 1. The lowest BCUT2D eigenvalue weighted by Crippen LogP contribution is -2.30. The topological polar surface area (TPSA) is 61.4 Å². The number of rotatable bonds is 4. The summed E-state index contributed by atoms with van der Waals surface area (Å²) in [6.07, 6.45) is 4.16. The Labute approximate surface area is 85.1 Å². The molecule has 0 aliphatic carbocycles. The molecule has 1 heterocycles. The van der Waals surface area contributed by atoms with E-state index < -0.39 is 0 Å². The minimum Gasteiger partial charge on any atom is -0.395 e. The molecule has 82 valence electrons. The summed E-state index contributed by atoms with van der Waals surface area (Å²) in [5, 5.41) is 14.6. The monoisotopic (exact) mass is 200 g/mol. The number of carbonyl (C=O) groups excluding carboxylic acids is 1. The highest BCUT2D eigenvalue weighted by Gasteiger charge is 2.15. The van der Waals surface area contributed by atoms with Crippen LogP contribution in [-0.2, 0) is 4.79 Å². The van der Waals surface area contributed by atoms with E-state index in [9.17, 15) is 4.79 Å². The van der Waals surface area contributed by atoms with E-state index in [1.165, 1.54) is 12.8 Å². The van der Waals surface area contributed by atoms with Gasteiger partial charge in [-0.2, -0.15) is 0 Å². The Morgan fingerprint density at radius 1 is 1.50 bits per heavy atom. The molecule has 0 aromatic carbocycles. The smallest absolute Gasteiger partial charge is 0.220 e. The molecule has 4 nitrogen and oxygen atoms in total. The van der Waals surface area contributed by atoms with Crippen LogP contribution in [0.4, 0.5) is 0 Å². The van der Waals surface area contributed by atoms with Gasteiger partial charge in [0.2, 0.25) is 5.91 Å². The molecule has 1 saturated heterocycles. The van der Waals surface area contributed by atoms with E-state index in [0.717, 1.165) is 19.5 Å². The van der Waals surface area contributed by atoms with Crippen molar-refractivity contribution in [3.05, 3.63) is 0 Å². The maximum Gasteiger partial charge on any atom is 0.220 e. The molecule has 4 heteroatoms. The number of aliphatic hydroxyl groups excluding tert-OH is 1. The zero-order valence-electron chi connectivity index (χ0n) is 8.59. The largest absolute Gasteiger partial charge is 0.395 e. The van der Waals surface area contributed by atoms with Crippen LogP contribution in [0.3, 0.4) is 0 Å². The van der Waals surface area contributed by atoms with Crippen molar-refractivity contribution in [3.8, 4) is 0 Å². The zero-order chi connectivity index (χ0) is 10.2. The molecule has 1 aliphatic rings. The van der Waals surface area contributed by atoms with Gasteiger partial charge in [-0.15, -0.1) is 0 Å². The maximum absolute atomic E-state index is 11.3. The Bertz CT molecular complexity index is 166. The highest BCUT2D eigenvalue weighted by Crippen LogP contribution is 2.14. The van der Waals surface area contributed by atoms with Gasteiger partial charge in [0.1, 0.15) is 0 Å². The number of hydrogen-bond acceptors (Lipinski definition) is 3. The molecular formula is C10H20N2O2. The fourth-order valence-corrected chi connectivity index (χ4v) is 1.80. The van der Waals surface area contributed by atoms with Crippen LogP contribution < -0.4 is 10.6 Å². The van der Waals surface area contributed by atoms with Gasteiger partial charge >= 0.3 is 0 Å². The molecule has 0 aromatic rings. The summed E-state index contributed by atoms with van der Waals surface area (Å²) in [6.45, 7) is 2.43. The fraction of sp³-hybridized carbons (Fsp3) is 0.900. The van der Waals surface area contributed by atoms with E-state index >= 15 is 0 Å². The zero-order valence-corrected chi connectivity index (χ0v) is 8.59. The van der Waals surface area contributed by atoms with Crippen LogP contribution in [0.25, 0.3) is 0 Å². The van der Waals surface area contributed by atoms with Crippen molar-refractivity contribution in [1.29, 1.82) is 0 Å². The Kier molecular flexibility index (Phi) is 5.56. The Hall–Kier alpha value is -0.610. The highest BCUT2D eigenvalue weighted by molar-refractivity contribution is 5.76.